The van der Waals surface area contributed by atoms with Gasteiger partial charge >= 0.3 is 0 Å². The van der Waals surface area contributed by atoms with Gasteiger partial charge in [0.1, 0.15) is 10.7 Å². The van der Waals surface area contributed by atoms with Crippen LogP contribution in [0.2, 0.25) is 0 Å². The Balaban J connectivity index is 2.06. The van der Waals surface area contributed by atoms with E-state index >= 15 is 0 Å². The monoisotopic (exact) mass is 242 g/mol. The Morgan fingerprint density at radius 3 is 2.94 bits per heavy atom. The average molecular weight is 242 g/mol. The molecule has 0 fully saturated rings. The highest BCUT2D eigenvalue weighted by Gasteiger charge is 2.15. The van der Waals surface area contributed by atoms with Gasteiger partial charge in [0.05, 0.1) is 18.4 Å². The van der Waals surface area contributed by atoms with Crippen molar-refractivity contribution in [2.24, 2.45) is 0 Å². The van der Waals surface area contributed by atoms with Crippen molar-refractivity contribution < 1.29 is 12.9 Å². The highest BCUT2D eigenvalue weighted by molar-refractivity contribution is 7.89. The third-order valence-corrected chi connectivity index (χ3v) is 3.27. The summed E-state index contributed by atoms with van der Waals surface area (Å²) in [6, 6.07) is 1.66. The first-order chi connectivity index (χ1) is 7.58. The molecule has 0 aromatic carbocycles. The highest BCUT2D eigenvalue weighted by atomic mass is 32.2. The van der Waals surface area contributed by atoms with Gasteiger partial charge in [0.2, 0.25) is 10.0 Å². The van der Waals surface area contributed by atoms with E-state index in [1.165, 1.54) is 12.4 Å². The van der Waals surface area contributed by atoms with E-state index in [-0.39, 0.29) is 11.4 Å². The quantitative estimate of drug-likeness (QED) is 0.796. The van der Waals surface area contributed by atoms with Crippen molar-refractivity contribution in [3.63, 3.8) is 0 Å². The average Bonchev–Trinajstić information content (AvgIpc) is 2.85. The van der Waals surface area contributed by atoms with Gasteiger partial charge in [-0.1, -0.05) is 5.16 Å². The minimum atomic E-state index is -3.53. The van der Waals surface area contributed by atoms with Gasteiger partial charge < -0.3 is 4.52 Å². The molecule has 8 heteroatoms. The van der Waals surface area contributed by atoms with Crippen LogP contribution in [-0.2, 0) is 16.6 Å². The first kappa shape index (κ1) is 10.8. The van der Waals surface area contributed by atoms with Crippen molar-refractivity contribution in [1.29, 1.82) is 0 Å². The number of aromatic amines is 1. The van der Waals surface area contributed by atoms with E-state index in [9.17, 15) is 8.42 Å². The predicted molar refractivity (Wildman–Crippen MR) is 53.9 cm³/mol. The van der Waals surface area contributed by atoms with E-state index in [0.717, 1.165) is 0 Å². The molecule has 0 bridgehead atoms. The second-order valence-corrected chi connectivity index (χ2v) is 4.95. The summed E-state index contributed by atoms with van der Waals surface area (Å²) < 4.78 is 30.5. The van der Waals surface area contributed by atoms with Gasteiger partial charge in [-0.25, -0.2) is 13.1 Å². The first-order valence-electron chi connectivity index (χ1n) is 4.48. The zero-order chi connectivity index (χ0) is 11.6. The standard InChI is InChI=1S/C8H10N4O3S/c1-6-2-7(12-15-6)3-11-16(13,14)8-4-9-10-5-8/h2,4-5,11H,3H2,1H3,(H,9,10). The molecule has 86 valence electrons. The number of aromatic nitrogens is 3. The molecule has 2 rings (SSSR count). The molecule has 2 aromatic rings. The summed E-state index contributed by atoms with van der Waals surface area (Å²) in [4.78, 5) is 0.0905. The fourth-order valence-electron chi connectivity index (χ4n) is 1.14. The van der Waals surface area contributed by atoms with Crippen LogP contribution < -0.4 is 4.72 Å². The number of H-pyrrole nitrogens is 1. The van der Waals surface area contributed by atoms with Gasteiger partial charge in [-0.05, 0) is 6.92 Å². The molecule has 0 aliphatic heterocycles. The molecule has 2 aromatic heterocycles. The molecule has 0 aliphatic rings. The summed E-state index contributed by atoms with van der Waals surface area (Å²) in [5.74, 6) is 0.637. The van der Waals surface area contributed by atoms with Gasteiger partial charge in [0.15, 0.2) is 0 Å². The van der Waals surface area contributed by atoms with E-state index in [2.05, 4.69) is 20.1 Å². The van der Waals surface area contributed by atoms with Gasteiger partial charge in [0, 0.05) is 12.3 Å². The third-order valence-electron chi connectivity index (χ3n) is 1.90. The molecular formula is C8H10N4O3S. The number of hydrogen-bond donors (Lipinski definition) is 2. The zero-order valence-corrected chi connectivity index (χ0v) is 9.28. The minimum Gasteiger partial charge on any atom is -0.361 e. The third kappa shape index (κ3) is 2.28. The second-order valence-electron chi connectivity index (χ2n) is 3.19. The number of aryl methyl sites for hydroxylation is 1. The van der Waals surface area contributed by atoms with Crippen molar-refractivity contribution in [2.75, 3.05) is 0 Å². The van der Waals surface area contributed by atoms with Crippen LogP contribution in [0.15, 0.2) is 27.9 Å². The summed E-state index contributed by atoms with van der Waals surface area (Å²) in [5.41, 5.74) is 0.532. The highest BCUT2D eigenvalue weighted by Crippen LogP contribution is 2.06. The van der Waals surface area contributed by atoms with Crippen molar-refractivity contribution >= 4 is 10.0 Å². The van der Waals surface area contributed by atoms with Crippen molar-refractivity contribution in [3.8, 4) is 0 Å². The lowest BCUT2D eigenvalue weighted by molar-refractivity contribution is 0.390. The molecule has 2 heterocycles. The number of sulfonamides is 1. The number of nitrogens with zero attached hydrogens (tertiary/aromatic N) is 2. The summed E-state index contributed by atoms with van der Waals surface area (Å²) >= 11 is 0. The summed E-state index contributed by atoms with van der Waals surface area (Å²) in [6.07, 6.45) is 2.53. The molecule has 0 radical (unpaired) electrons. The largest absolute Gasteiger partial charge is 0.361 e. The zero-order valence-electron chi connectivity index (χ0n) is 8.47. The minimum absolute atomic E-state index is 0.0881. The first-order valence-corrected chi connectivity index (χ1v) is 5.97. The molecule has 0 amide bonds. The van der Waals surface area contributed by atoms with E-state index in [4.69, 9.17) is 4.52 Å². The van der Waals surface area contributed by atoms with E-state index in [1.807, 2.05) is 0 Å². The van der Waals surface area contributed by atoms with Crippen molar-refractivity contribution in [3.05, 3.63) is 29.9 Å². The molecule has 0 saturated carbocycles. The van der Waals surface area contributed by atoms with Crippen molar-refractivity contribution in [1.82, 2.24) is 20.1 Å². The van der Waals surface area contributed by atoms with Crippen LogP contribution in [-0.4, -0.2) is 23.8 Å². The van der Waals surface area contributed by atoms with Crippen LogP contribution in [0.5, 0.6) is 0 Å². The van der Waals surface area contributed by atoms with Crippen LogP contribution in [0.25, 0.3) is 0 Å². The number of rotatable bonds is 4. The molecular weight excluding hydrogens is 232 g/mol. The Kier molecular flexibility index (Phi) is 2.75. The van der Waals surface area contributed by atoms with Gasteiger partial charge in [-0.3, -0.25) is 5.10 Å². The van der Waals surface area contributed by atoms with Gasteiger partial charge in [-0.2, -0.15) is 5.10 Å². The predicted octanol–water partition coefficient (Wildman–Crippen LogP) is 0.185. The number of nitrogens with one attached hydrogen (secondary N) is 2. The van der Waals surface area contributed by atoms with Crippen LogP contribution in [0.4, 0.5) is 0 Å². The molecule has 2 N–H and O–H groups in total. The van der Waals surface area contributed by atoms with Crippen LogP contribution >= 0.6 is 0 Å². The lowest BCUT2D eigenvalue weighted by atomic mass is 10.4. The Morgan fingerprint density at radius 1 is 1.56 bits per heavy atom. The molecule has 16 heavy (non-hydrogen) atoms. The van der Waals surface area contributed by atoms with Crippen molar-refractivity contribution in [2.45, 2.75) is 18.4 Å². The molecule has 7 nitrogen and oxygen atoms in total. The topological polar surface area (TPSA) is 101 Å². The molecule has 0 atom stereocenters. The lowest BCUT2D eigenvalue weighted by Gasteiger charge is -2.00. The summed E-state index contributed by atoms with van der Waals surface area (Å²) in [7, 11) is -3.53. The number of hydrogen-bond acceptors (Lipinski definition) is 5. The van der Waals surface area contributed by atoms with Crippen LogP contribution in [0, 0.1) is 6.92 Å². The second kappa shape index (κ2) is 4.06. The van der Waals surface area contributed by atoms with Crippen LogP contribution in [0.1, 0.15) is 11.5 Å². The van der Waals surface area contributed by atoms with Gasteiger partial charge in [-0.15, -0.1) is 0 Å². The maximum Gasteiger partial charge on any atom is 0.244 e. The van der Waals surface area contributed by atoms with E-state index in [1.54, 1.807) is 13.0 Å². The van der Waals surface area contributed by atoms with Gasteiger partial charge in [0.25, 0.3) is 0 Å². The molecule has 0 aliphatic carbocycles. The fourth-order valence-corrected chi connectivity index (χ4v) is 2.04. The summed E-state index contributed by atoms with van der Waals surface area (Å²) in [5, 5.41) is 9.68. The van der Waals surface area contributed by atoms with Crippen LogP contribution in [0.3, 0.4) is 0 Å². The smallest absolute Gasteiger partial charge is 0.244 e. The Hall–Kier alpha value is -1.67. The lowest BCUT2D eigenvalue weighted by Crippen LogP contribution is -2.22. The molecule has 0 unspecified atom stereocenters. The Morgan fingerprint density at radius 2 is 2.38 bits per heavy atom. The fraction of sp³-hybridized carbons (Fsp3) is 0.250. The maximum atomic E-state index is 11.6. The van der Waals surface area contributed by atoms with E-state index < -0.39 is 10.0 Å². The Labute approximate surface area is 91.9 Å². The summed E-state index contributed by atoms with van der Waals surface area (Å²) in [6.45, 7) is 1.83. The maximum absolute atomic E-state index is 11.6. The SMILES string of the molecule is Cc1cc(CNS(=O)(=O)c2cn[nH]c2)no1. The Bertz CT molecular complexity index is 558. The molecule has 0 saturated heterocycles. The normalized spacial score (nSPS) is 11.8. The van der Waals surface area contributed by atoms with E-state index in [0.29, 0.717) is 11.5 Å². The molecule has 0 spiro atoms.